The Balaban J connectivity index is 1.41. The van der Waals surface area contributed by atoms with Crippen LogP contribution in [0.3, 0.4) is 0 Å². The predicted molar refractivity (Wildman–Crippen MR) is 118 cm³/mol. The molecule has 5 rings (SSSR count). The Kier molecular flexibility index (Phi) is 5.45. The van der Waals surface area contributed by atoms with Crippen LogP contribution in [0.5, 0.6) is 5.75 Å². The second kappa shape index (κ2) is 8.71. The van der Waals surface area contributed by atoms with Crippen LogP contribution in [0.15, 0.2) is 82.8 Å². The summed E-state index contributed by atoms with van der Waals surface area (Å²) in [6, 6.07) is 21.2. The maximum Gasteiger partial charge on any atom is 0.283 e. The van der Waals surface area contributed by atoms with E-state index in [1.165, 1.54) is 6.07 Å². The van der Waals surface area contributed by atoms with E-state index in [0.717, 1.165) is 17.3 Å². The number of nitrogens with zero attached hydrogens (tertiary/aromatic N) is 5. The van der Waals surface area contributed by atoms with Crippen molar-refractivity contribution in [2.45, 2.75) is 22.8 Å². The van der Waals surface area contributed by atoms with E-state index in [-0.39, 0.29) is 11.6 Å². The molecule has 33 heavy (non-hydrogen) atoms. The summed E-state index contributed by atoms with van der Waals surface area (Å²) in [4.78, 5) is 24.1. The summed E-state index contributed by atoms with van der Waals surface area (Å²) in [5, 5.41) is 26.7. The van der Waals surface area contributed by atoms with E-state index in [2.05, 4.69) is 20.8 Å². The SMILES string of the molecule is O=C1NC(c2ccc(Sc3nnnn3Cc3ccccc3)c([N+](=O)[O-])c2)Oc2ccccc21. The molecule has 4 aromatic rings. The molecule has 1 atom stereocenters. The highest BCUT2D eigenvalue weighted by atomic mass is 32.2. The Morgan fingerprint density at radius 3 is 2.70 bits per heavy atom. The van der Waals surface area contributed by atoms with Gasteiger partial charge in [0.15, 0.2) is 6.23 Å². The molecule has 0 aliphatic carbocycles. The molecule has 1 N–H and O–H groups in total. The van der Waals surface area contributed by atoms with Gasteiger partial charge in [-0.1, -0.05) is 48.5 Å². The summed E-state index contributed by atoms with van der Waals surface area (Å²) >= 11 is 1.10. The smallest absolute Gasteiger partial charge is 0.283 e. The van der Waals surface area contributed by atoms with Gasteiger partial charge in [0.25, 0.3) is 11.6 Å². The number of nitro benzene ring substituents is 1. The molecule has 1 aliphatic heterocycles. The number of carbonyl (C=O) groups is 1. The lowest BCUT2D eigenvalue weighted by atomic mass is 10.1. The van der Waals surface area contributed by atoms with E-state index >= 15 is 0 Å². The molecule has 0 saturated heterocycles. The number of aromatic nitrogens is 4. The Bertz CT molecular complexity index is 1340. The number of fused-ring (bicyclic) bond motifs is 1. The summed E-state index contributed by atoms with van der Waals surface area (Å²) in [5.74, 6) is 0.121. The van der Waals surface area contributed by atoms with Crippen molar-refractivity contribution in [1.29, 1.82) is 0 Å². The quantitative estimate of drug-likeness (QED) is 0.342. The molecule has 0 radical (unpaired) electrons. The minimum absolute atomic E-state index is 0.136. The third kappa shape index (κ3) is 4.26. The predicted octanol–water partition coefficient (Wildman–Crippen LogP) is 3.60. The van der Waals surface area contributed by atoms with Crippen LogP contribution in [0, 0.1) is 10.1 Å². The molecule has 1 amide bonds. The lowest BCUT2D eigenvalue weighted by Gasteiger charge is -2.26. The molecule has 3 aromatic carbocycles. The van der Waals surface area contributed by atoms with E-state index < -0.39 is 11.2 Å². The van der Waals surface area contributed by atoms with Crippen molar-refractivity contribution < 1.29 is 14.5 Å². The second-order valence-corrected chi connectivity index (χ2v) is 8.17. The molecule has 0 spiro atoms. The molecular weight excluding hydrogens is 444 g/mol. The van der Waals surface area contributed by atoms with Crippen LogP contribution in [-0.2, 0) is 6.54 Å². The average molecular weight is 460 g/mol. The zero-order valence-corrected chi connectivity index (χ0v) is 17.8. The van der Waals surface area contributed by atoms with Crippen molar-refractivity contribution in [3.05, 3.63) is 99.6 Å². The van der Waals surface area contributed by atoms with Crippen molar-refractivity contribution in [2.75, 3.05) is 0 Å². The van der Waals surface area contributed by atoms with Crippen LogP contribution in [0.2, 0.25) is 0 Å². The highest BCUT2D eigenvalue weighted by Crippen LogP contribution is 2.37. The number of nitro groups is 1. The van der Waals surface area contributed by atoms with E-state index in [0.29, 0.717) is 33.5 Å². The first-order valence-electron chi connectivity index (χ1n) is 9.91. The normalized spacial score (nSPS) is 14.8. The van der Waals surface area contributed by atoms with Crippen LogP contribution in [-0.4, -0.2) is 31.0 Å². The lowest BCUT2D eigenvalue weighted by molar-refractivity contribution is -0.387. The summed E-state index contributed by atoms with van der Waals surface area (Å²) < 4.78 is 7.44. The number of amides is 1. The van der Waals surface area contributed by atoms with Crippen LogP contribution in [0.4, 0.5) is 5.69 Å². The minimum atomic E-state index is -0.839. The Morgan fingerprint density at radius 1 is 1.09 bits per heavy atom. The van der Waals surface area contributed by atoms with Gasteiger partial charge in [-0.3, -0.25) is 14.9 Å². The largest absolute Gasteiger partial charge is 0.466 e. The fourth-order valence-corrected chi connectivity index (χ4v) is 4.27. The number of rotatable bonds is 6. The van der Waals surface area contributed by atoms with Gasteiger partial charge >= 0.3 is 0 Å². The van der Waals surface area contributed by atoms with Crippen molar-refractivity contribution in [2.24, 2.45) is 0 Å². The van der Waals surface area contributed by atoms with Gasteiger partial charge in [-0.2, -0.15) is 0 Å². The number of para-hydroxylation sites is 1. The number of carbonyl (C=O) groups excluding carboxylic acids is 1. The minimum Gasteiger partial charge on any atom is -0.466 e. The first kappa shape index (κ1) is 20.6. The van der Waals surface area contributed by atoms with Gasteiger partial charge < -0.3 is 10.1 Å². The lowest BCUT2D eigenvalue weighted by Crippen LogP contribution is -2.36. The van der Waals surface area contributed by atoms with Crippen molar-refractivity contribution in [1.82, 2.24) is 25.5 Å². The number of ether oxygens (including phenoxy) is 1. The van der Waals surface area contributed by atoms with Gasteiger partial charge in [0.1, 0.15) is 5.75 Å². The zero-order chi connectivity index (χ0) is 22.8. The molecule has 10 nitrogen and oxygen atoms in total. The fourth-order valence-electron chi connectivity index (χ4n) is 3.41. The summed E-state index contributed by atoms with van der Waals surface area (Å²) in [6.07, 6.45) is -0.839. The summed E-state index contributed by atoms with van der Waals surface area (Å²) in [5.41, 5.74) is 1.74. The average Bonchev–Trinajstić information content (AvgIpc) is 3.26. The molecular formula is C22H16N6O4S. The van der Waals surface area contributed by atoms with E-state index in [9.17, 15) is 14.9 Å². The maximum absolute atomic E-state index is 12.4. The van der Waals surface area contributed by atoms with Crippen molar-refractivity contribution in [3.8, 4) is 5.75 Å². The standard InChI is InChI=1S/C22H16N6O4S/c29-20-16-8-4-5-9-18(16)32-21(23-20)15-10-11-19(17(12-15)28(30)31)33-22-24-25-26-27(22)13-14-6-2-1-3-7-14/h1-12,21H,13H2,(H,23,29). The highest BCUT2D eigenvalue weighted by molar-refractivity contribution is 7.99. The molecule has 0 bridgehead atoms. The number of hydrogen-bond acceptors (Lipinski definition) is 8. The van der Waals surface area contributed by atoms with Gasteiger partial charge in [0.2, 0.25) is 5.16 Å². The Labute approximate surface area is 191 Å². The van der Waals surface area contributed by atoms with Crippen LogP contribution in [0.25, 0.3) is 0 Å². The fraction of sp³-hybridized carbons (Fsp3) is 0.0909. The highest BCUT2D eigenvalue weighted by Gasteiger charge is 2.28. The molecule has 11 heteroatoms. The van der Waals surface area contributed by atoms with Gasteiger partial charge in [0, 0.05) is 11.6 Å². The first-order chi connectivity index (χ1) is 16.1. The third-order valence-corrected chi connectivity index (χ3v) is 6.04. The molecule has 0 saturated carbocycles. The Morgan fingerprint density at radius 2 is 1.88 bits per heavy atom. The van der Waals surface area contributed by atoms with Gasteiger partial charge in [-0.15, -0.1) is 5.10 Å². The second-order valence-electron chi connectivity index (χ2n) is 7.16. The van der Waals surface area contributed by atoms with Crippen LogP contribution >= 0.6 is 11.8 Å². The summed E-state index contributed by atoms with van der Waals surface area (Å²) in [7, 11) is 0. The van der Waals surface area contributed by atoms with Gasteiger partial charge in [-0.05, 0) is 46.0 Å². The monoisotopic (exact) mass is 460 g/mol. The maximum atomic E-state index is 12.4. The number of nitrogens with one attached hydrogen (secondary N) is 1. The van der Waals surface area contributed by atoms with Crippen molar-refractivity contribution in [3.63, 3.8) is 0 Å². The third-order valence-electron chi connectivity index (χ3n) is 5.00. The molecule has 2 heterocycles. The molecule has 1 unspecified atom stereocenters. The number of hydrogen-bond donors (Lipinski definition) is 1. The number of tetrazole rings is 1. The van der Waals surface area contributed by atoms with Crippen LogP contribution in [0.1, 0.15) is 27.7 Å². The topological polar surface area (TPSA) is 125 Å². The van der Waals surface area contributed by atoms with Gasteiger partial charge in [0.05, 0.1) is 21.9 Å². The first-order valence-corrected chi connectivity index (χ1v) is 10.7. The molecule has 1 aliphatic rings. The van der Waals surface area contributed by atoms with Crippen LogP contribution < -0.4 is 10.1 Å². The van der Waals surface area contributed by atoms with Gasteiger partial charge in [-0.25, -0.2) is 4.68 Å². The molecule has 1 aromatic heterocycles. The van der Waals surface area contributed by atoms with Crippen molar-refractivity contribution >= 4 is 23.4 Å². The molecule has 164 valence electrons. The zero-order valence-electron chi connectivity index (χ0n) is 17.0. The van der Waals surface area contributed by atoms with E-state index in [4.69, 9.17) is 4.74 Å². The summed E-state index contributed by atoms with van der Waals surface area (Å²) in [6.45, 7) is 0.434. The Hall–Kier alpha value is -4.25. The molecule has 0 fully saturated rings. The van der Waals surface area contributed by atoms with E-state index in [1.54, 1.807) is 41.1 Å². The van der Waals surface area contributed by atoms with E-state index in [1.807, 2.05) is 30.3 Å². The number of benzene rings is 3.